The number of carbonyl (C=O) groups is 3. The molecule has 0 aromatic heterocycles. The zero-order chi connectivity index (χ0) is 33.0. The first kappa shape index (κ1) is 37.8. The van der Waals surface area contributed by atoms with Gasteiger partial charge < -0.3 is 19.9 Å². The number of aliphatic hydroxyl groups excluding tert-OH is 1. The molecule has 2 aliphatic heterocycles. The standard InChI is InChI=1S/C35H57N2O6PS/c1-7-10-20-44(21-11-8-2,22-12-9-3)32(34(41)43-35(4,5)6)37-31(40)30(36-29(39)23-26-16-14-13-15-17-26)33(37)45-25-28(38)27-18-19-42-24-27/h13-17,27,30-31,33,40H,7-12,18-25H2,1-6H3,(H,36,39)/t27?,30-,31?,33-/m1/s1. The SMILES string of the molecule is CCCCP(CCCC)(CCCC)=C(C(=O)OC(C)(C)C)N1C(O)[C@@H](NC(=O)Cc2ccccc2)[C@H]1SCC(=O)C1CCOC1. The highest BCUT2D eigenvalue weighted by Gasteiger charge is 2.54. The van der Waals surface area contributed by atoms with Gasteiger partial charge in [-0.05, 0) is 70.5 Å². The summed E-state index contributed by atoms with van der Waals surface area (Å²) in [6, 6.07) is 8.87. The quantitative estimate of drug-likeness (QED) is 0.148. The Balaban J connectivity index is 2.08. The fourth-order valence-electron chi connectivity index (χ4n) is 6.11. The molecule has 254 valence electrons. The van der Waals surface area contributed by atoms with Gasteiger partial charge in [-0.2, -0.15) is 0 Å². The Kier molecular flexibility index (Phi) is 15.2. The third kappa shape index (κ3) is 10.7. The van der Waals surface area contributed by atoms with Crippen LogP contribution in [0.5, 0.6) is 0 Å². The molecule has 1 aromatic carbocycles. The van der Waals surface area contributed by atoms with Gasteiger partial charge in [0, 0.05) is 12.5 Å². The van der Waals surface area contributed by atoms with E-state index in [1.54, 1.807) is 0 Å². The van der Waals surface area contributed by atoms with Crippen LogP contribution in [-0.4, -0.2) is 93.8 Å². The van der Waals surface area contributed by atoms with Crippen molar-refractivity contribution in [2.75, 3.05) is 37.5 Å². The average Bonchev–Trinajstić information content (AvgIpc) is 3.55. The van der Waals surface area contributed by atoms with E-state index in [1.807, 2.05) is 56.0 Å². The average molecular weight is 665 g/mol. The first-order valence-electron chi connectivity index (χ1n) is 16.9. The van der Waals surface area contributed by atoms with E-state index in [1.165, 1.54) is 11.8 Å². The Morgan fingerprint density at radius 3 is 2.13 bits per heavy atom. The maximum absolute atomic E-state index is 14.4. The number of esters is 1. The Morgan fingerprint density at radius 1 is 1.02 bits per heavy atom. The molecule has 2 fully saturated rings. The lowest BCUT2D eigenvalue weighted by molar-refractivity contribution is -0.150. The van der Waals surface area contributed by atoms with E-state index >= 15 is 0 Å². The van der Waals surface area contributed by atoms with Gasteiger partial charge in [-0.1, -0.05) is 77.3 Å². The first-order chi connectivity index (χ1) is 21.5. The number of likely N-dealkylation sites (tertiary alicyclic amines) is 1. The number of hydrogen-bond donors (Lipinski definition) is 2. The summed E-state index contributed by atoms with van der Waals surface area (Å²) in [5.41, 5.74) is 0.785. The summed E-state index contributed by atoms with van der Waals surface area (Å²) in [5, 5.41) is 14.5. The largest absolute Gasteiger partial charge is 0.456 e. The lowest BCUT2D eigenvalue weighted by Gasteiger charge is -2.54. The molecule has 0 bridgehead atoms. The zero-order valence-electron chi connectivity index (χ0n) is 28.4. The van der Waals surface area contributed by atoms with Crippen LogP contribution in [-0.2, 0) is 30.3 Å². The number of thioether (sulfide) groups is 1. The second-order valence-electron chi connectivity index (χ2n) is 13.5. The highest BCUT2D eigenvalue weighted by atomic mass is 32.2. The number of aliphatic hydroxyl groups is 1. The Bertz CT molecular complexity index is 1140. The van der Waals surface area contributed by atoms with Crippen LogP contribution in [0.1, 0.15) is 92.1 Å². The van der Waals surface area contributed by atoms with Crippen LogP contribution < -0.4 is 5.32 Å². The predicted molar refractivity (Wildman–Crippen MR) is 187 cm³/mol. The molecule has 3 rings (SSSR count). The summed E-state index contributed by atoms with van der Waals surface area (Å²) in [6.07, 6.45) is 8.57. The van der Waals surface area contributed by atoms with Crippen LogP contribution in [0.4, 0.5) is 0 Å². The topological polar surface area (TPSA) is 105 Å². The minimum absolute atomic E-state index is 0.107. The molecule has 2 unspecified atom stereocenters. The van der Waals surface area contributed by atoms with Gasteiger partial charge in [0.2, 0.25) is 5.91 Å². The van der Waals surface area contributed by atoms with Crippen molar-refractivity contribution in [2.45, 2.75) is 116 Å². The Hall–Kier alpha value is -1.64. The van der Waals surface area contributed by atoms with Crippen molar-refractivity contribution in [1.82, 2.24) is 10.2 Å². The monoisotopic (exact) mass is 664 g/mol. The van der Waals surface area contributed by atoms with Gasteiger partial charge in [0.25, 0.3) is 0 Å². The maximum atomic E-state index is 14.4. The molecule has 1 aromatic rings. The maximum Gasteiger partial charge on any atom is 0.349 e. The third-order valence-corrected chi connectivity index (χ3v) is 14.7. The molecule has 45 heavy (non-hydrogen) atoms. The van der Waals surface area contributed by atoms with Gasteiger partial charge in [0.05, 0.1) is 30.2 Å². The molecule has 2 saturated heterocycles. The van der Waals surface area contributed by atoms with Crippen molar-refractivity contribution < 1.29 is 29.0 Å². The van der Waals surface area contributed by atoms with Gasteiger partial charge in [0.15, 0.2) is 0 Å². The van der Waals surface area contributed by atoms with Crippen molar-refractivity contribution in [3.8, 4) is 0 Å². The molecule has 0 saturated carbocycles. The van der Waals surface area contributed by atoms with Crippen molar-refractivity contribution in [3.63, 3.8) is 0 Å². The fourth-order valence-corrected chi connectivity index (χ4v) is 12.8. The van der Waals surface area contributed by atoms with Crippen LogP contribution in [0.15, 0.2) is 30.3 Å². The van der Waals surface area contributed by atoms with Gasteiger partial charge >= 0.3 is 5.97 Å². The van der Waals surface area contributed by atoms with Crippen LogP contribution in [0.3, 0.4) is 0 Å². The summed E-state index contributed by atoms with van der Waals surface area (Å²) >= 11 is 1.41. The van der Waals surface area contributed by atoms with E-state index in [9.17, 15) is 19.5 Å². The number of ketones is 1. The number of carbonyl (C=O) groups excluding carboxylic acids is 3. The van der Waals surface area contributed by atoms with Crippen molar-refractivity contribution in [1.29, 1.82) is 0 Å². The van der Waals surface area contributed by atoms with E-state index in [4.69, 9.17) is 9.47 Å². The lowest BCUT2D eigenvalue weighted by atomic mass is 10.0. The van der Waals surface area contributed by atoms with Gasteiger partial charge in [-0.15, -0.1) is 11.8 Å². The van der Waals surface area contributed by atoms with Gasteiger partial charge in [-0.25, -0.2) is 9.69 Å². The number of unbranched alkanes of at least 4 members (excludes halogenated alkanes) is 3. The molecular formula is C35H57N2O6PS. The summed E-state index contributed by atoms with van der Waals surface area (Å²) in [6.45, 7) is 11.1. The van der Waals surface area contributed by atoms with Gasteiger partial charge in [-0.3, -0.25) is 9.59 Å². The Morgan fingerprint density at radius 2 is 1.62 bits per heavy atom. The van der Waals surface area contributed by atoms with Crippen LogP contribution in [0, 0.1) is 5.92 Å². The number of Topliss-reactive ketones (excluding diaryl/α,β-unsaturated/α-hetero) is 1. The smallest absolute Gasteiger partial charge is 0.349 e. The van der Waals surface area contributed by atoms with Crippen LogP contribution >= 0.6 is 18.6 Å². The third-order valence-electron chi connectivity index (χ3n) is 8.60. The highest BCUT2D eigenvalue weighted by Crippen LogP contribution is 2.55. The molecule has 0 radical (unpaired) electrons. The summed E-state index contributed by atoms with van der Waals surface area (Å²) < 4.78 is 11.6. The van der Waals surface area contributed by atoms with Crippen molar-refractivity contribution in [3.05, 3.63) is 35.9 Å². The lowest BCUT2D eigenvalue weighted by Crippen LogP contribution is -2.74. The van der Waals surface area contributed by atoms with E-state index in [-0.39, 0.29) is 35.8 Å². The minimum atomic E-state index is -2.10. The highest BCUT2D eigenvalue weighted by molar-refractivity contribution is 8.00. The van der Waals surface area contributed by atoms with E-state index in [2.05, 4.69) is 26.1 Å². The molecule has 10 heteroatoms. The summed E-state index contributed by atoms with van der Waals surface area (Å²) in [4.78, 5) is 42.7. The van der Waals surface area contributed by atoms with Crippen LogP contribution in [0.2, 0.25) is 0 Å². The second-order valence-corrected chi connectivity index (χ2v) is 18.7. The van der Waals surface area contributed by atoms with E-state index < -0.39 is 30.1 Å². The Labute approximate surface area is 275 Å². The molecule has 1 amide bonds. The molecule has 0 aliphatic carbocycles. The molecule has 2 heterocycles. The second kappa shape index (κ2) is 18.1. The number of nitrogens with one attached hydrogen (secondary N) is 1. The van der Waals surface area contributed by atoms with E-state index in [0.717, 1.165) is 62.6 Å². The number of nitrogens with zero attached hydrogens (tertiary/aromatic N) is 1. The predicted octanol–water partition coefficient (Wildman–Crippen LogP) is 5.90. The molecule has 8 nitrogen and oxygen atoms in total. The number of rotatable bonds is 18. The summed E-state index contributed by atoms with van der Waals surface area (Å²) in [5.74, 6) is -0.376. The normalized spacial score (nSPS) is 22.1. The number of hydrogen-bond acceptors (Lipinski definition) is 7. The molecule has 0 spiro atoms. The summed E-state index contributed by atoms with van der Waals surface area (Å²) in [7, 11) is 0. The first-order valence-corrected chi connectivity index (χ1v) is 20.3. The fraction of sp³-hybridized carbons (Fsp3) is 0.714. The molecule has 4 atom stereocenters. The number of benzene rings is 1. The minimum Gasteiger partial charge on any atom is -0.456 e. The van der Waals surface area contributed by atoms with Crippen molar-refractivity contribution in [2.24, 2.45) is 5.92 Å². The van der Waals surface area contributed by atoms with Crippen LogP contribution in [0.25, 0.3) is 0 Å². The van der Waals surface area contributed by atoms with Crippen molar-refractivity contribution >= 4 is 41.7 Å². The molecule has 2 aliphatic rings. The number of amides is 1. The zero-order valence-corrected chi connectivity index (χ0v) is 30.1. The molecular weight excluding hydrogens is 607 g/mol. The molecule has 2 N–H and O–H groups in total. The van der Waals surface area contributed by atoms with Gasteiger partial charge in [0.1, 0.15) is 23.0 Å². The number of ether oxygens (including phenoxy) is 2. The van der Waals surface area contributed by atoms with E-state index in [0.29, 0.717) is 25.1 Å².